The normalized spacial score (nSPS) is 11.1. The number of aromatic nitrogens is 1. The van der Waals surface area contributed by atoms with E-state index in [4.69, 9.17) is 4.74 Å². The molecule has 22 heavy (non-hydrogen) atoms. The molecule has 0 aliphatic carbocycles. The van der Waals surface area contributed by atoms with Gasteiger partial charge in [-0.05, 0) is 40.0 Å². The molecule has 128 valence electrons. The van der Waals surface area contributed by atoms with Crippen molar-refractivity contribution in [1.29, 1.82) is 0 Å². The third kappa shape index (κ3) is 10.3. The van der Waals surface area contributed by atoms with Crippen LogP contribution in [0, 0.1) is 6.92 Å². The Labute approximate surface area is 155 Å². The van der Waals surface area contributed by atoms with Gasteiger partial charge in [0.15, 0.2) is 5.96 Å². The van der Waals surface area contributed by atoms with Gasteiger partial charge < -0.3 is 15.4 Å². The zero-order valence-corrected chi connectivity index (χ0v) is 17.0. The monoisotopic (exact) mass is 440 g/mol. The lowest BCUT2D eigenvalue weighted by atomic mass is 10.2. The Balaban J connectivity index is 0.00000441. The van der Waals surface area contributed by atoms with E-state index in [9.17, 15) is 0 Å². The molecule has 0 aliphatic heterocycles. The van der Waals surface area contributed by atoms with Gasteiger partial charge in [0.1, 0.15) is 0 Å². The number of thiazole rings is 1. The maximum Gasteiger partial charge on any atom is 0.191 e. The Bertz CT molecular complexity index is 412. The molecule has 0 amide bonds. The number of guanidine groups is 1. The average molecular weight is 440 g/mol. The van der Waals surface area contributed by atoms with Crippen LogP contribution >= 0.6 is 35.3 Å². The molecule has 0 unspecified atom stereocenters. The molecule has 1 heterocycles. The van der Waals surface area contributed by atoms with Crippen molar-refractivity contribution >= 4 is 41.3 Å². The van der Waals surface area contributed by atoms with E-state index in [-0.39, 0.29) is 24.0 Å². The van der Waals surface area contributed by atoms with Gasteiger partial charge in [-0.15, -0.1) is 35.3 Å². The lowest BCUT2D eigenvalue weighted by Crippen LogP contribution is -2.39. The first-order valence-electron chi connectivity index (χ1n) is 7.77. The van der Waals surface area contributed by atoms with Crippen LogP contribution in [0.3, 0.4) is 0 Å². The van der Waals surface area contributed by atoms with Gasteiger partial charge in [-0.3, -0.25) is 4.99 Å². The lowest BCUT2D eigenvalue weighted by Gasteiger charge is -2.11. The summed E-state index contributed by atoms with van der Waals surface area (Å²) in [6.07, 6.45) is 3.28. The summed E-state index contributed by atoms with van der Waals surface area (Å²) in [5.74, 6) is 0.877. The highest BCUT2D eigenvalue weighted by atomic mass is 127. The summed E-state index contributed by atoms with van der Waals surface area (Å²) in [6, 6.07) is 0. The summed E-state index contributed by atoms with van der Waals surface area (Å²) in [5, 5.41) is 9.86. The molecule has 0 radical (unpaired) electrons. The Morgan fingerprint density at radius 1 is 1.32 bits per heavy atom. The Morgan fingerprint density at radius 3 is 2.77 bits per heavy atom. The first-order valence-corrected chi connectivity index (χ1v) is 8.65. The zero-order valence-electron chi connectivity index (χ0n) is 13.9. The second-order valence-corrected chi connectivity index (χ2v) is 5.67. The first-order chi connectivity index (χ1) is 10.3. The van der Waals surface area contributed by atoms with Gasteiger partial charge in [0.05, 0.1) is 11.6 Å². The molecule has 0 fully saturated rings. The molecule has 0 saturated heterocycles. The van der Waals surface area contributed by atoms with Crippen LogP contribution in [0.15, 0.2) is 10.4 Å². The number of rotatable bonds is 10. The zero-order chi connectivity index (χ0) is 15.3. The number of nitrogens with one attached hydrogen (secondary N) is 2. The Morgan fingerprint density at radius 2 is 2.14 bits per heavy atom. The molecule has 0 aliphatic rings. The van der Waals surface area contributed by atoms with E-state index in [0.717, 1.165) is 57.2 Å². The lowest BCUT2D eigenvalue weighted by molar-refractivity contribution is 0.152. The van der Waals surface area contributed by atoms with Crippen LogP contribution in [0.5, 0.6) is 0 Å². The minimum atomic E-state index is 0. The second-order valence-electron chi connectivity index (χ2n) is 4.72. The number of ether oxygens (including phenoxy) is 1. The highest BCUT2D eigenvalue weighted by Crippen LogP contribution is 2.11. The van der Waals surface area contributed by atoms with Gasteiger partial charge in [0.25, 0.3) is 0 Å². The van der Waals surface area contributed by atoms with Crippen LogP contribution in [-0.4, -0.2) is 43.8 Å². The highest BCUT2D eigenvalue weighted by molar-refractivity contribution is 14.0. The van der Waals surface area contributed by atoms with E-state index in [1.165, 1.54) is 5.01 Å². The SMILES string of the molecule is CCNC(=NCCCCc1nc(C)cs1)NCCOCC.I. The highest BCUT2D eigenvalue weighted by Gasteiger charge is 1.99. The molecule has 1 aromatic heterocycles. The van der Waals surface area contributed by atoms with E-state index < -0.39 is 0 Å². The summed E-state index contributed by atoms with van der Waals surface area (Å²) in [4.78, 5) is 9.04. The predicted octanol–water partition coefficient (Wildman–Crippen LogP) is 2.98. The largest absolute Gasteiger partial charge is 0.380 e. The van der Waals surface area contributed by atoms with E-state index in [0.29, 0.717) is 6.61 Å². The van der Waals surface area contributed by atoms with Crippen molar-refractivity contribution in [3.05, 3.63) is 16.1 Å². The number of halogens is 1. The maximum atomic E-state index is 5.30. The predicted molar refractivity (Wildman–Crippen MR) is 106 cm³/mol. The quantitative estimate of drug-likeness (QED) is 0.254. The fourth-order valence-corrected chi connectivity index (χ4v) is 2.64. The van der Waals surface area contributed by atoms with Crippen molar-refractivity contribution in [2.24, 2.45) is 4.99 Å². The second kappa shape index (κ2) is 14.2. The molecule has 1 rings (SSSR count). The van der Waals surface area contributed by atoms with Crippen molar-refractivity contribution in [1.82, 2.24) is 15.6 Å². The van der Waals surface area contributed by atoms with Crippen molar-refractivity contribution in [2.75, 3.05) is 32.8 Å². The molecule has 0 spiro atoms. The van der Waals surface area contributed by atoms with Gasteiger partial charge >= 0.3 is 0 Å². The van der Waals surface area contributed by atoms with Gasteiger partial charge in [0, 0.05) is 37.3 Å². The number of aliphatic imine (C=N–C) groups is 1. The van der Waals surface area contributed by atoms with E-state index in [1.54, 1.807) is 11.3 Å². The third-order valence-electron chi connectivity index (χ3n) is 2.82. The number of nitrogens with zero attached hydrogens (tertiary/aromatic N) is 2. The van der Waals surface area contributed by atoms with Crippen molar-refractivity contribution in [2.45, 2.75) is 40.0 Å². The van der Waals surface area contributed by atoms with E-state index >= 15 is 0 Å². The smallest absolute Gasteiger partial charge is 0.191 e. The number of hydrogen-bond donors (Lipinski definition) is 2. The summed E-state index contributed by atoms with van der Waals surface area (Å²) in [7, 11) is 0. The number of hydrogen-bond acceptors (Lipinski definition) is 4. The molecule has 0 bridgehead atoms. The fraction of sp³-hybridized carbons (Fsp3) is 0.733. The van der Waals surface area contributed by atoms with Crippen LogP contribution in [0.25, 0.3) is 0 Å². The Kier molecular flexibility index (Phi) is 13.9. The van der Waals surface area contributed by atoms with Crippen LogP contribution in [0.2, 0.25) is 0 Å². The third-order valence-corrected chi connectivity index (χ3v) is 3.85. The van der Waals surface area contributed by atoms with Crippen LogP contribution in [-0.2, 0) is 11.2 Å². The first kappa shape index (κ1) is 21.6. The maximum absolute atomic E-state index is 5.30. The number of aryl methyl sites for hydroxylation is 2. The molecular formula is C15H29IN4OS. The summed E-state index contributed by atoms with van der Waals surface area (Å²) < 4.78 is 5.30. The minimum Gasteiger partial charge on any atom is -0.380 e. The molecule has 0 aromatic carbocycles. The topological polar surface area (TPSA) is 58.5 Å². The van der Waals surface area contributed by atoms with Crippen molar-refractivity contribution in [3.63, 3.8) is 0 Å². The van der Waals surface area contributed by atoms with Gasteiger partial charge in [-0.1, -0.05) is 0 Å². The van der Waals surface area contributed by atoms with Crippen molar-refractivity contribution in [3.8, 4) is 0 Å². The number of unbranched alkanes of at least 4 members (excludes halogenated alkanes) is 1. The molecule has 0 saturated carbocycles. The standard InChI is InChI=1S/C15H28N4OS.HI/c1-4-16-15(18-10-11-20-5-2)17-9-7-6-8-14-19-13(3)12-21-14;/h12H,4-11H2,1-3H3,(H2,16,17,18);1H. The molecule has 2 N–H and O–H groups in total. The average Bonchev–Trinajstić information content (AvgIpc) is 2.88. The van der Waals surface area contributed by atoms with E-state index in [2.05, 4.69) is 32.9 Å². The molecular weight excluding hydrogens is 411 g/mol. The summed E-state index contributed by atoms with van der Waals surface area (Å²) in [5.41, 5.74) is 1.13. The van der Waals surface area contributed by atoms with Crippen LogP contribution < -0.4 is 10.6 Å². The Hall–Kier alpha value is -0.410. The fourth-order valence-electron chi connectivity index (χ4n) is 1.82. The molecule has 0 atom stereocenters. The van der Waals surface area contributed by atoms with Gasteiger partial charge in [-0.2, -0.15) is 0 Å². The van der Waals surface area contributed by atoms with Crippen LogP contribution in [0.4, 0.5) is 0 Å². The van der Waals surface area contributed by atoms with Gasteiger partial charge in [0.2, 0.25) is 0 Å². The summed E-state index contributed by atoms with van der Waals surface area (Å²) >= 11 is 1.75. The molecule has 7 heteroatoms. The van der Waals surface area contributed by atoms with Crippen molar-refractivity contribution < 1.29 is 4.74 Å². The van der Waals surface area contributed by atoms with E-state index in [1.807, 2.05) is 13.8 Å². The van der Waals surface area contributed by atoms with Gasteiger partial charge in [-0.25, -0.2) is 4.98 Å². The minimum absolute atomic E-state index is 0. The molecule has 1 aromatic rings. The summed E-state index contributed by atoms with van der Waals surface area (Å²) in [6.45, 7) is 10.1. The molecule has 5 nitrogen and oxygen atoms in total. The van der Waals surface area contributed by atoms with Crippen LogP contribution in [0.1, 0.15) is 37.4 Å².